The second kappa shape index (κ2) is 9.94. The Labute approximate surface area is 173 Å². The second-order valence-electron chi connectivity index (χ2n) is 7.87. The van der Waals surface area contributed by atoms with Crippen molar-refractivity contribution in [2.45, 2.75) is 62.3 Å². The lowest BCUT2D eigenvalue weighted by molar-refractivity contribution is 0.232. The van der Waals surface area contributed by atoms with Crippen molar-refractivity contribution in [3.8, 4) is 0 Å². The highest BCUT2D eigenvalue weighted by Gasteiger charge is 2.32. The summed E-state index contributed by atoms with van der Waals surface area (Å²) in [5.74, 6) is 0.130. The van der Waals surface area contributed by atoms with Crippen LogP contribution < -0.4 is 10.6 Å². The van der Waals surface area contributed by atoms with Crippen LogP contribution in [0.15, 0.2) is 29.2 Å². The average molecular weight is 428 g/mol. The van der Waals surface area contributed by atoms with Crippen LogP contribution in [0.2, 0.25) is 5.02 Å². The first-order valence-corrected chi connectivity index (χ1v) is 12.1. The molecular formula is C20H30ClN3O3S. The molecule has 3 rings (SSSR count). The Kier molecular flexibility index (Phi) is 7.60. The van der Waals surface area contributed by atoms with Gasteiger partial charge in [-0.15, -0.1) is 0 Å². The minimum Gasteiger partial charge on any atom is -0.338 e. The minimum atomic E-state index is -3.51. The van der Waals surface area contributed by atoms with E-state index in [-0.39, 0.29) is 22.9 Å². The SMILES string of the molecule is O=C(NCC1CCN(S(=O)(=O)c2ccc(Cl)cc2)C1)NC1CCCCCCC1. The van der Waals surface area contributed by atoms with Gasteiger partial charge in [-0.05, 0) is 49.4 Å². The number of rotatable bonds is 5. The summed E-state index contributed by atoms with van der Waals surface area (Å²) in [5.41, 5.74) is 0. The number of sulfonamides is 1. The van der Waals surface area contributed by atoms with Gasteiger partial charge in [0.05, 0.1) is 4.90 Å². The molecule has 0 bridgehead atoms. The Bertz CT molecular complexity index is 746. The molecule has 1 aromatic rings. The van der Waals surface area contributed by atoms with Gasteiger partial charge in [0.2, 0.25) is 10.0 Å². The molecule has 0 aromatic heterocycles. The predicted octanol–water partition coefficient (Wildman–Crippen LogP) is 3.76. The Morgan fingerprint density at radius 2 is 1.68 bits per heavy atom. The second-order valence-corrected chi connectivity index (χ2v) is 10.2. The van der Waals surface area contributed by atoms with Gasteiger partial charge in [0.1, 0.15) is 0 Å². The van der Waals surface area contributed by atoms with Crippen LogP contribution in [0.3, 0.4) is 0 Å². The molecule has 1 heterocycles. The lowest BCUT2D eigenvalue weighted by Gasteiger charge is -2.22. The first-order chi connectivity index (χ1) is 13.4. The first kappa shape index (κ1) is 21.4. The molecule has 2 N–H and O–H groups in total. The highest BCUT2D eigenvalue weighted by Crippen LogP contribution is 2.25. The summed E-state index contributed by atoms with van der Waals surface area (Å²) in [5, 5.41) is 6.54. The van der Waals surface area contributed by atoms with Crippen LogP contribution >= 0.6 is 11.6 Å². The highest BCUT2D eigenvalue weighted by atomic mass is 35.5. The molecule has 1 saturated heterocycles. The molecule has 0 radical (unpaired) electrons. The van der Waals surface area contributed by atoms with Crippen LogP contribution in [-0.2, 0) is 10.0 Å². The van der Waals surface area contributed by atoms with Crippen molar-refractivity contribution in [3.63, 3.8) is 0 Å². The minimum absolute atomic E-state index is 0.130. The first-order valence-electron chi connectivity index (χ1n) is 10.3. The Balaban J connectivity index is 1.45. The van der Waals surface area contributed by atoms with E-state index in [0.29, 0.717) is 24.7 Å². The van der Waals surface area contributed by atoms with Crippen molar-refractivity contribution in [2.75, 3.05) is 19.6 Å². The van der Waals surface area contributed by atoms with Gasteiger partial charge in [0.25, 0.3) is 0 Å². The smallest absolute Gasteiger partial charge is 0.315 e. The topological polar surface area (TPSA) is 78.5 Å². The number of halogens is 1. The van der Waals surface area contributed by atoms with Crippen LogP contribution in [0, 0.1) is 5.92 Å². The van der Waals surface area contributed by atoms with Gasteiger partial charge in [0.15, 0.2) is 0 Å². The zero-order valence-corrected chi connectivity index (χ0v) is 17.8. The van der Waals surface area contributed by atoms with Gasteiger partial charge < -0.3 is 10.6 Å². The van der Waals surface area contributed by atoms with Crippen LogP contribution in [0.4, 0.5) is 4.79 Å². The van der Waals surface area contributed by atoms with Gasteiger partial charge >= 0.3 is 6.03 Å². The van der Waals surface area contributed by atoms with Gasteiger partial charge in [-0.2, -0.15) is 4.31 Å². The molecule has 8 heteroatoms. The van der Waals surface area contributed by atoms with Crippen molar-refractivity contribution < 1.29 is 13.2 Å². The lowest BCUT2D eigenvalue weighted by atomic mass is 9.97. The molecule has 2 aliphatic rings. The van der Waals surface area contributed by atoms with Crippen molar-refractivity contribution in [2.24, 2.45) is 5.92 Å². The molecule has 1 atom stereocenters. The summed E-state index contributed by atoms with van der Waals surface area (Å²) in [6, 6.07) is 6.36. The van der Waals surface area contributed by atoms with Crippen LogP contribution in [0.25, 0.3) is 0 Å². The molecule has 6 nitrogen and oxygen atoms in total. The number of carbonyl (C=O) groups is 1. The number of amides is 2. The number of benzene rings is 1. The molecule has 2 fully saturated rings. The maximum Gasteiger partial charge on any atom is 0.315 e. The van der Waals surface area contributed by atoms with Gasteiger partial charge in [-0.3, -0.25) is 0 Å². The van der Waals surface area contributed by atoms with E-state index in [1.165, 1.54) is 48.5 Å². The largest absolute Gasteiger partial charge is 0.338 e. The maximum atomic E-state index is 12.7. The molecule has 1 unspecified atom stereocenters. The molecule has 1 aliphatic carbocycles. The molecule has 1 aliphatic heterocycles. The fraction of sp³-hybridized carbons (Fsp3) is 0.650. The van der Waals surface area contributed by atoms with E-state index in [9.17, 15) is 13.2 Å². The highest BCUT2D eigenvalue weighted by molar-refractivity contribution is 7.89. The van der Waals surface area contributed by atoms with Crippen molar-refractivity contribution in [1.29, 1.82) is 0 Å². The zero-order valence-electron chi connectivity index (χ0n) is 16.2. The standard InChI is InChI=1S/C20H30ClN3O3S/c21-17-8-10-19(11-9-17)28(26,27)24-13-12-16(15-24)14-22-20(25)23-18-6-4-2-1-3-5-7-18/h8-11,16,18H,1-7,12-15H2,(H2,22,23,25). The fourth-order valence-electron chi connectivity index (χ4n) is 4.01. The van der Waals surface area contributed by atoms with E-state index in [0.717, 1.165) is 19.3 Å². The van der Waals surface area contributed by atoms with Crippen molar-refractivity contribution in [1.82, 2.24) is 14.9 Å². The number of nitrogens with one attached hydrogen (secondary N) is 2. The summed E-state index contributed by atoms with van der Waals surface area (Å²) >= 11 is 5.85. The third-order valence-electron chi connectivity index (χ3n) is 5.69. The van der Waals surface area contributed by atoms with E-state index in [4.69, 9.17) is 11.6 Å². The molecular weight excluding hydrogens is 398 g/mol. The third kappa shape index (κ3) is 5.84. The molecule has 28 heavy (non-hydrogen) atoms. The predicted molar refractivity (Wildman–Crippen MR) is 111 cm³/mol. The Morgan fingerprint density at radius 3 is 2.36 bits per heavy atom. The van der Waals surface area contributed by atoms with E-state index >= 15 is 0 Å². The van der Waals surface area contributed by atoms with E-state index < -0.39 is 10.0 Å². The Hall–Kier alpha value is -1.31. The molecule has 1 aromatic carbocycles. The maximum absolute atomic E-state index is 12.7. The number of hydrogen-bond acceptors (Lipinski definition) is 3. The normalized spacial score (nSPS) is 22.4. The summed E-state index contributed by atoms with van der Waals surface area (Å²) in [4.78, 5) is 12.5. The Morgan fingerprint density at radius 1 is 1.04 bits per heavy atom. The van der Waals surface area contributed by atoms with Crippen molar-refractivity contribution >= 4 is 27.7 Å². The van der Waals surface area contributed by atoms with Crippen molar-refractivity contribution in [3.05, 3.63) is 29.3 Å². The zero-order chi connectivity index (χ0) is 20.0. The molecule has 0 spiro atoms. The summed E-state index contributed by atoms with van der Waals surface area (Å²) < 4.78 is 27.0. The van der Waals surface area contributed by atoms with Gasteiger partial charge in [0, 0.05) is 30.7 Å². The van der Waals surface area contributed by atoms with E-state index in [1.807, 2.05) is 0 Å². The molecule has 2 amide bonds. The summed E-state index contributed by atoms with van der Waals surface area (Å²) in [6.45, 7) is 1.39. The quantitative estimate of drug-likeness (QED) is 0.750. The number of nitrogens with zero attached hydrogens (tertiary/aromatic N) is 1. The summed E-state index contributed by atoms with van der Waals surface area (Å²) in [7, 11) is -3.51. The number of hydrogen-bond donors (Lipinski definition) is 2. The molecule has 156 valence electrons. The van der Waals surface area contributed by atoms with E-state index in [1.54, 1.807) is 12.1 Å². The number of urea groups is 1. The van der Waals surface area contributed by atoms with E-state index in [2.05, 4.69) is 10.6 Å². The average Bonchev–Trinajstić information content (AvgIpc) is 3.12. The molecule has 1 saturated carbocycles. The lowest BCUT2D eigenvalue weighted by Crippen LogP contribution is -2.44. The monoisotopic (exact) mass is 427 g/mol. The van der Waals surface area contributed by atoms with Gasteiger partial charge in [-0.1, -0.05) is 43.7 Å². The van der Waals surface area contributed by atoms with Crippen LogP contribution in [-0.4, -0.2) is 44.4 Å². The third-order valence-corrected chi connectivity index (χ3v) is 7.82. The van der Waals surface area contributed by atoms with Crippen LogP contribution in [0.1, 0.15) is 51.4 Å². The summed E-state index contributed by atoms with van der Waals surface area (Å²) in [6.07, 6.45) is 8.98. The fourth-order valence-corrected chi connectivity index (χ4v) is 5.67. The number of carbonyl (C=O) groups excluding carboxylic acids is 1. The van der Waals surface area contributed by atoms with Gasteiger partial charge in [-0.25, -0.2) is 13.2 Å². The van der Waals surface area contributed by atoms with Crippen LogP contribution in [0.5, 0.6) is 0 Å².